The maximum absolute atomic E-state index is 3.11. The van der Waals surface area contributed by atoms with Crippen LogP contribution in [0.15, 0.2) is 0 Å². The molecule has 2 nitrogen and oxygen atoms in total. The van der Waals surface area contributed by atoms with Crippen LogP contribution in [0.5, 0.6) is 0 Å². The van der Waals surface area contributed by atoms with E-state index < -0.39 is 0 Å². The van der Waals surface area contributed by atoms with E-state index in [0.717, 1.165) is 12.6 Å². The summed E-state index contributed by atoms with van der Waals surface area (Å²) in [5, 5.41) is 0. The van der Waals surface area contributed by atoms with Crippen molar-refractivity contribution in [3.63, 3.8) is 0 Å². The smallest absolute Gasteiger partial charge is 0.0602 e. The molecule has 1 saturated heterocycles. The lowest BCUT2D eigenvalue weighted by Gasteiger charge is -2.18. The summed E-state index contributed by atoms with van der Waals surface area (Å²) in [4.78, 5) is 4.72. The molecule has 0 amide bonds. The van der Waals surface area contributed by atoms with E-state index in [9.17, 15) is 0 Å². The van der Waals surface area contributed by atoms with Crippen molar-refractivity contribution in [1.29, 1.82) is 0 Å². The molecule has 0 aromatic heterocycles. The first kappa shape index (κ1) is 9.57. The van der Waals surface area contributed by atoms with E-state index in [2.05, 4.69) is 35.7 Å². The summed E-state index contributed by atoms with van der Waals surface area (Å²) < 4.78 is 0. The second kappa shape index (κ2) is 4.49. The van der Waals surface area contributed by atoms with E-state index >= 15 is 0 Å². The summed E-state index contributed by atoms with van der Waals surface area (Å²) in [7, 11) is 4.30. The van der Waals surface area contributed by atoms with Gasteiger partial charge in [0.1, 0.15) is 0 Å². The summed E-state index contributed by atoms with van der Waals surface area (Å²) >= 11 is 0. The minimum absolute atomic E-state index is 0.739. The average molecular weight is 166 g/mol. The first-order valence-corrected chi connectivity index (χ1v) is 4.52. The predicted octanol–water partition coefficient (Wildman–Crippen LogP) is 0.646. The third-order valence-corrected chi connectivity index (χ3v) is 2.46. The molecule has 0 bridgehead atoms. The molecule has 68 valence electrons. The Balaban J connectivity index is 2.29. The number of likely N-dealkylation sites (tertiary alicyclic amines) is 1. The molecule has 1 aliphatic heterocycles. The highest BCUT2D eigenvalue weighted by Gasteiger charge is 2.22. The van der Waals surface area contributed by atoms with Gasteiger partial charge in [0.25, 0.3) is 0 Å². The van der Waals surface area contributed by atoms with Gasteiger partial charge in [0.2, 0.25) is 0 Å². The van der Waals surface area contributed by atoms with Gasteiger partial charge < -0.3 is 4.90 Å². The lowest BCUT2D eigenvalue weighted by atomic mass is 10.2. The Hall–Kier alpha value is -0.520. The number of rotatable bonds is 2. The summed E-state index contributed by atoms with van der Waals surface area (Å²) in [6, 6.07) is 0.739. The third kappa shape index (κ3) is 2.51. The lowest BCUT2D eigenvalue weighted by Crippen LogP contribution is -2.31. The molecule has 1 rings (SSSR count). The van der Waals surface area contributed by atoms with Crippen LogP contribution in [0, 0.1) is 11.8 Å². The Kier molecular flexibility index (Phi) is 3.58. The Morgan fingerprint density at radius 3 is 2.75 bits per heavy atom. The molecule has 0 saturated carbocycles. The largest absolute Gasteiger partial charge is 0.305 e. The zero-order valence-electron chi connectivity index (χ0n) is 8.30. The van der Waals surface area contributed by atoms with Gasteiger partial charge in [-0.2, -0.15) is 0 Å². The molecule has 0 radical (unpaired) electrons. The van der Waals surface area contributed by atoms with Gasteiger partial charge in [0, 0.05) is 19.1 Å². The van der Waals surface area contributed by atoms with Crippen LogP contribution in [0.4, 0.5) is 0 Å². The van der Waals surface area contributed by atoms with E-state index in [1.807, 2.05) is 6.92 Å². The van der Waals surface area contributed by atoms with Crippen LogP contribution in [0.2, 0.25) is 0 Å². The zero-order valence-corrected chi connectivity index (χ0v) is 8.30. The maximum atomic E-state index is 3.11. The highest BCUT2D eigenvalue weighted by molar-refractivity contribution is 4.99. The third-order valence-electron chi connectivity index (χ3n) is 2.46. The van der Waals surface area contributed by atoms with Crippen LogP contribution in [-0.2, 0) is 0 Å². The number of likely N-dealkylation sites (N-methyl/N-ethyl adjacent to an activating group) is 1. The summed E-state index contributed by atoms with van der Waals surface area (Å²) in [5.74, 6) is 6.04. The van der Waals surface area contributed by atoms with Gasteiger partial charge in [-0.3, -0.25) is 4.90 Å². The summed E-state index contributed by atoms with van der Waals surface area (Å²) in [6.07, 6.45) is 1.29. The summed E-state index contributed by atoms with van der Waals surface area (Å²) in [6.45, 7) is 5.24. The number of hydrogen-bond donors (Lipinski definition) is 0. The molecular weight excluding hydrogens is 148 g/mol. The Bertz CT molecular complexity index is 188. The molecule has 0 aliphatic carbocycles. The Morgan fingerprint density at radius 1 is 1.50 bits per heavy atom. The van der Waals surface area contributed by atoms with E-state index in [0.29, 0.717) is 0 Å². The molecule has 0 aromatic rings. The van der Waals surface area contributed by atoms with Crippen LogP contribution in [0.25, 0.3) is 0 Å². The van der Waals surface area contributed by atoms with Crippen molar-refractivity contribution in [2.75, 3.05) is 33.7 Å². The molecule has 0 aromatic carbocycles. The van der Waals surface area contributed by atoms with Gasteiger partial charge in [0.05, 0.1) is 6.54 Å². The van der Waals surface area contributed by atoms with Gasteiger partial charge in [-0.25, -0.2) is 0 Å². The number of nitrogens with zero attached hydrogens (tertiary/aromatic N) is 2. The fourth-order valence-electron chi connectivity index (χ4n) is 1.57. The van der Waals surface area contributed by atoms with Gasteiger partial charge >= 0.3 is 0 Å². The van der Waals surface area contributed by atoms with Crippen molar-refractivity contribution < 1.29 is 0 Å². The van der Waals surface area contributed by atoms with Crippen molar-refractivity contribution in [2.24, 2.45) is 0 Å². The first-order chi connectivity index (χ1) is 5.74. The highest BCUT2D eigenvalue weighted by Crippen LogP contribution is 2.11. The molecule has 1 atom stereocenters. The average Bonchev–Trinajstić information content (AvgIpc) is 2.48. The van der Waals surface area contributed by atoms with Crippen molar-refractivity contribution in [2.45, 2.75) is 19.4 Å². The van der Waals surface area contributed by atoms with E-state index in [4.69, 9.17) is 0 Å². The standard InChI is InChI=1S/C10H18N2/c1-4-5-7-12-8-6-10(9-12)11(2)3/h10H,6-9H2,1-3H3. The molecule has 1 unspecified atom stereocenters. The van der Waals surface area contributed by atoms with Crippen molar-refractivity contribution in [3.8, 4) is 11.8 Å². The zero-order chi connectivity index (χ0) is 8.97. The quantitative estimate of drug-likeness (QED) is 0.556. The molecular formula is C10H18N2. The van der Waals surface area contributed by atoms with Crippen LogP contribution >= 0.6 is 0 Å². The Labute approximate surface area is 75.5 Å². The SMILES string of the molecule is CC#CCN1CCC(N(C)C)C1. The second-order valence-corrected chi connectivity index (χ2v) is 3.57. The topological polar surface area (TPSA) is 6.48 Å². The van der Waals surface area contributed by atoms with E-state index in [1.54, 1.807) is 0 Å². The van der Waals surface area contributed by atoms with Gasteiger partial charge in [0.15, 0.2) is 0 Å². The fourth-order valence-corrected chi connectivity index (χ4v) is 1.57. The number of hydrogen-bond acceptors (Lipinski definition) is 2. The first-order valence-electron chi connectivity index (χ1n) is 4.52. The van der Waals surface area contributed by atoms with Crippen molar-refractivity contribution in [3.05, 3.63) is 0 Å². The van der Waals surface area contributed by atoms with Gasteiger partial charge in [-0.15, -0.1) is 5.92 Å². The molecule has 1 heterocycles. The minimum Gasteiger partial charge on any atom is -0.305 e. The van der Waals surface area contributed by atoms with Crippen LogP contribution in [-0.4, -0.2) is 49.6 Å². The predicted molar refractivity (Wildman–Crippen MR) is 52.0 cm³/mol. The van der Waals surface area contributed by atoms with Crippen LogP contribution in [0.1, 0.15) is 13.3 Å². The second-order valence-electron chi connectivity index (χ2n) is 3.57. The Morgan fingerprint density at radius 2 is 2.25 bits per heavy atom. The van der Waals surface area contributed by atoms with Crippen LogP contribution in [0.3, 0.4) is 0 Å². The molecule has 0 spiro atoms. The maximum Gasteiger partial charge on any atom is 0.0602 e. The molecule has 0 N–H and O–H groups in total. The monoisotopic (exact) mass is 166 g/mol. The lowest BCUT2D eigenvalue weighted by molar-refractivity contribution is 0.281. The molecule has 1 aliphatic rings. The van der Waals surface area contributed by atoms with E-state index in [-0.39, 0.29) is 0 Å². The highest BCUT2D eigenvalue weighted by atomic mass is 15.2. The van der Waals surface area contributed by atoms with Gasteiger partial charge in [-0.1, -0.05) is 5.92 Å². The van der Waals surface area contributed by atoms with Crippen molar-refractivity contribution >= 4 is 0 Å². The molecule has 1 fully saturated rings. The van der Waals surface area contributed by atoms with E-state index in [1.165, 1.54) is 19.5 Å². The molecule has 12 heavy (non-hydrogen) atoms. The normalized spacial score (nSPS) is 24.2. The summed E-state index contributed by atoms with van der Waals surface area (Å²) in [5.41, 5.74) is 0. The minimum atomic E-state index is 0.739. The van der Waals surface area contributed by atoms with Gasteiger partial charge in [-0.05, 0) is 27.4 Å². The van der Waals surface area contributed by atoms with Crippen LogP contribution < -0.4 is 0 Å². The fraction of sp³-hybridized carbons (Fsp3) is 0.800. The molecule has 2 heteroatoms. The van der Waals surface area contributed by atoms with Crippen molar-refractivity contribution in [1.82, 2.24) is 9.80 Å².